The molecule has 1 saturated heterocycles. The van der Waals surface area contributed by atoms with Gasteiger partial charge in [0.2, 0.25) is 0 Å². The normalized spacial score (nSPS) is 20.7. The van der Waals surface area contributed by atoms with E-state index in [1.807, 2.05) is 13.0 Å². The quantitative estimate of drug-likeness (QED) is 0.661. The lowest BCUT2D eigenvalue weighted by atomic mass is 9.73. The maximum Gasteiger partial charge on any atom is 0.264 e. The molecule has 3 nitrogen and oxygen atoms in total. The van der Waals surface area contributed by atoms with E-state index < -0.39 is 23.1 Å². The molecule has 31 heavy (non-hydrogen) atoms. The van der Waals surface area contributed by atoms with Crippen molar-refractivity contribution in [2.45, 2.75) is 51.4 Å². The fourth-order valence-electron chi connectivity index (χ4n) is 5.57. The SMILES string of the molecule is Cc1cc2c(cc1C)C1(CCN(CC3CCC3)CC1)CN2C(=O)c1c(F)cccc1F. The van der Waals surface area contributed by atoms with Gasteiger partial charge in [-0.05, 0) is 93.4 Å². The molecule has 5 heteroatoms. The minimum absolute atomic E-state index is 0.138. The van der Waals surface area contributed by atoms with Gasteiger partial charge in [0.05, 0.1) is 0 Å². The number of hydrogen-bond donors (Lipinski definition) is 0. The average molecular weight is 425 g/mol. The molecule has 0 aromatic heterocycles. The lowest BCUT2D eigenvalue weighted by Crippen LogP contribution is -2.47. The zero-order valence-electron chi connectivity index (χ0n) is 18.4. The minimum atomic E-state index is -0.799. The Bertz CT molecular complexity index is 1000. The second-order valence-electron chi connectivity index (χ2n) is 9.82. The molecule has 164 valence electrons. The fraction of sp³-hybridized carbons (Fsp3) is 0.500. The van der Waals surface area contributed by atoms with Gasteiger partial charge in [0, 0.05) is 24.2 Å². The number of rotatable bonds is 3. The van der Waals surface area contributed by atoms with Gasteiger partial charge in [-0.2, -0.15) is 0 Å². The predicted octanol–water partition coefficient (Wildman–Crippen LogP) is 5.38. The van der Waals surface area contributed by atoms with Crippen molar-refractivity contribution in [1.29, 1.82) is 0 Å². The third-order valence-corrected chi connectivity index (χ3v) is 7.91. The molecule has 2 heterocycles. The summed E-state index contributed by atoms with van der Waals surface area (Å²) in [7, 11) is 0. The van der Waals surface area contributed by atoms with Gasteiger partial charge < -0.3 is 9.80 Å². The van der Waals surface area contributed by atoms with E-state index >= 15 is 0 Å². The summed E-state index contributed by atoms with van der Waals surface area (Å²) in [6, 6.07) is 7.84. The van der Waals surface area contributed by atoms with E-state index in [1.54, 1.807) is 4.90 Å². The number of hydrogen-bond acceptors (Lipinski definition) is 2. The number of likely N-dealkylation sites (tertiary alicyclic amines) is 1. The van der Waals surface area contributed by atoms with Crippen molar-refractivity contribution in [3.05, 3.63) is 64.2 Å². The molecule has 1 spiro atoms. The van der Waals surface area contributed by atoms with Crippen LogP contribution in [0.2, 0.25) is 0 Å². The Hall–Kier alpha value is -2.27. The first-order chi connectivity index (χ1) is 14.9. The predicted molar refractivity (Wildman–Crippen MR) is 119 cm³/mol. The van der Waals surface area contributed by atoms with Crippen molar-refractivity contribution >= 4 is 11.6 Å². The Labute approximate surface area is 183 Å². The first-order valence-corrected chi connectivity index (χ1v) is 11.5. The summed E-state index contributed by atoms with van der Waals surface area (Å²) in [6.07, 6.45) is 5.99. The lowest BCUT2D eigenvalue weighted by Gasteiger charge is -2.42. The molecule has 1 amide bonds. The number of benzene rings is 2. The molecule has 2 aromatic rings. The standard InChI is InChI=1S/C26H30F2N2O/c1-17-13-20-23(14-18(17)2)30(25(31)24-21(27)7-4-8-22(24)28)16-26(20)9-11-29(12-10-26)15-19-5-3-6-19/h4,7-8,13-14,19H,3,5-6,9-12,15-16H2,1-2H3. The number of carbonyl (C=O) groups is 1. The zero-order chi connectivity index (χ0) is 21.8. The third-order valence-electron chi connectivity index (χ3n) is 7.91. The van der Waals surface area contributed by atoms with Gasteiger partial charge in [-0.1, -0.05) is 18.6 Å². The average Bonchev–Trinajstić information content (AvgIpc) is 3.00. The first-order valence-electron chi connectivity index (χ1n) is 11.5. The molecule has 0 bridgehead atoms. The van der Waals surface area contributed by atoms with Gasteiger partial charge in [0.25, 0.3) is 5.91 Å². The molecule has 3 aliphatic rings. The largest absolute Gasteiger partial charge is 0.307 e. The van der Waals surface area contributed by atoms with Gasteiger partial charge >= 0.3 is 0 Å². The molecular weight excluding hydrogens is 394 g/mol. The number of aryl methyl sites for hydroxylation is 2. The number of amides is 1. The second-order valence-corrected chi connectivity index (χ2v) is 9.82. The van der Waals surface area contributed by atoms with Gasteiger partial charge in [-0.3, -0.25) is 4.79 Å². The Morgan fingerprint density at radius 2 is 1.71 bits per heavy atom. The van der Waals surface area contributed by atoms with Crippen LogP contribution < -0.4 is 4.90 Å². The van der Waals surface area contributed by atoms with Crippen LogP contribution in [-0.2, 0) is 5.41 Å². The van der Waals surface area contributed by atoms with E-state index in [2.05, 4.69) is 17.9 Å². The van der Waals surface area contributed by atoms with E-state index in [0.717, 1.165) is 55.2 Å². The van der Waals surface area contributed by atoms with Crippen molar-refractivity contribution in [1.82, 2.24) is 4.90 Å². The summed E-state index contributed by atoms with van der Waals surface area (Å²) in [5.74, 6) is -1.33. The van der Waals surface area contributed by atoms with Crippen LogP contribution in [0.15, 0.2) is 30.3 Å². The number of nitrogens with zero attached hydrogens (tertiary/aromatic N) is 2. The van der Waals surface area contributed by atoms with E-state index in [4.69, 9.17) is 0 Å². The van der Waals surface area contributed by atoms with Crippen LogP contribution in [0.25, 0.3) is 0 Å². The minimum Gasteiger partial charge on any atom is -0.307 e. The van der Waals surface area contributed by atoms with E-state index in [1.165, 1.54) is 43.0 Å². The highest BCUT2D eigenvalue weighted by Crippen LogP contribution is 2.48. The van der Waals surface area contributed by atoms with Crippen molar-refractivity contribution in [3.8, 4) is 0 Å². The van der Waals surface area contributed by atoms with Crippen LogP contribution in [0, 0.1) is 31.4 Å². The van der Waals surface area contributed by atoms with Crippen LogP contribution in [0.3, 0.4) is 0 Å². The summed E-state index contributed by atoms with van der Waals surface area (Å²) in [4.78, 5) is 17.6. The van der Waals surface area contributed by atoms with Crippen LogP contribution in [0.5, 0.6) is 0 Å². The monoisotopic (exact) mass is 424 g/mol. The lowest BCUT2D eigenvalue weighted by molar-refractivity contribution is 0.0958. The Morgan fingerprint density at radius 3 is 2.32 bits per heavy atom. The van der Waals surface area contributed by atoms with Crippen LogP contribution in [0.4, 0.5) is 14.5 Å². The van der Waals surface area contributed by atoms with E-state index in [0.29, 0.717) is 6.54 Å². The van der Waals surface area contributed by atoms with Gasteiger partial charge in [-0.15, -0.1) is 0 Å². The van der Waals surface area contributed by atoms with Gasteiger partial charge in [-0.25, -0.2) is 8.78 Å². The molecule has 0 N–H and O–H groups in total. The summed E-state index contributed by atoms with van der Waals surface area (Å²) >= 11 is 0. The maximum atomic E-state index is 14.4. The van der Waals surface area contributed by atoms with Crippen molar-refractivity contribution in [3.63, 3.8) is 0 Å². The molecule has 2 aromatic carbocycles. The summed E-state index contributed by atoms with van der Waals surface area (Å²) in [5.41, 5.74) is 3.69. The van der Waals surface area contributed by atoms with Gasteiger partial charge in [0.15, 0.2) is 0 Å². The van der Waals surface area contributed by atoms with E-state index in [-0.39, 0.29) is 5.41 Å². The molecule has 0 unspecified atom stereocenters. The van der Waals surface area contributed by atoms with Crippen molar-refractivity contribution in [2.24, 2.45) is 5.92 Å². The Morgan fingerprint density at radius 1 is 1.06 bits per heavy atom. The highest BCUT2D eigenvalue weighted by molar-refractivity contribution is 6.08. The van der Waals surface area contributed by atoms with Crippen molar-refractivity contribution < 1.29 is 13.6 Å². The number of piperidine rings is 1. The molecule has 2 aliphatic heterocycles. The topological polar surface area (TPSA) is 23.6 Å². The number of anilines is 1. The first kappa shape index (κ1) is 20.6. The molecule has 2 fully saturated rings. The second kappa shape index (κ2) is 7.70. The fourth-order valence-corrected chi connectivity index (χ4v) is 5.57. The zero-order valence-corrected chi connectivity index (χ0v) is 18.4. The van der Waals surface area contributed by atoms with Gasteiger partial charge in [0.1, 0.15) is 17.2 Å². The molecule has 1 aliphatic carbocycles. The molecular formula is C26H30F2N2O. The number of fused-ring (bicyclic) bond motifs is 2. The molecule has 5 rings (SSSR count). The number of carbonyl (C=O) groups excluding carboxylic acids is 1. The van der Waals surface area contributed by atoms with Crippen LogP contribution in [-0.4, -0.2) is 37.0 Å². The third kappa shape index (κ3) is 3.47. The van der Waals surface area contributed by atoms with Crippen molar-refractivity contribution in [2.75, 3.05) is 31.1 Å². The summed E-state index contributed by atoms with van der Waals surface area (Å²) in [6.45, 7) is 7.82. The smallest absolute Gasteiger partial charge is 0.264 e. The Kier molecular flexibility index (Phi) is 5.12. The molecule has 0 atom stereocenters. The Balaban J connectivity index is 1.47. The summed E-state index contributed by atoms with van der Waals surface area (Å²) < 4.78 is 28.8. The molecule has 1 saturated carbocycles. The highest BCUT2D eigenvalue weighted by Gasteiger charge is 2.47. The summed E-state index contributed by atoms with van der Waals surface area (Å²) in [5, 5.41) is 0. The molecule has 0 radical (unpaired) electrons. The van der Waals surface area contributed by atoms with E-state index in [9.17, 15) is 13.6 Å². The van der Waals surface area contributed by atoms with Crippen LogP contribution in [0.1, 0.15) is 59.2 Å². The maximum absolute atomic E-state index is 14.4. The number of halogens is 2. The highest BCUT2D eigenvalue weighted by atomic mass is 19.1. The van der Waals surface area contributed by atoms with Crippen LogP contribution >= 0.6 is 0 Å².